The number of hydrogen-bond acceptors (Lipinski definition) is 6. The largest absolute Gasteiger partial charge is 0.497 e. The lowest BCUT2D eigenvalue weighted by atomic mass is 10.1. The lowest BCUT2D eigenvalue weighted by molar-refractivity contribution is -0.119. The molecule has 2 heterocycles. The minimum atomic E-state index is -0.238. The van der Waals surface area contributed by atoms with E-state index in [1.54, 1.807) is 24.5 Å². The monoisotopic (exact) mass is 463 g/mol. The van der Waals surface area contributed by atoms with Crippen molar-refractivity contribution in [1.82, 2.24) is 10.3 Å². The van der Waals surface area contributed by atoms with Gasteiger partial charge in [0.2, 0.25) is 11.8 Å². The maximum absolute atomic E-state index is 12.3. The minimum Gasteiger partial charge on any atom is -0.497 e. The topological polar surface area (TPSA) is 80.3 Å². The predicted octanol–water partition coefficient (Wildman–Crippen LogP) is 5.32. The maximum Gasteiger partial charge on any atom is 0.250 e. The molecule has 6 nitrogen and oxygen atoms in total. The first kappa shape index (κ1) is 21.7. The van der Waals surface area contributed by atoms with Crippen molar-refractivity contribution in [2.45, 2.75) is 13.5 Å². The number of benzene rings is 2. The van der Waals surface area contributed by atoms with Gasteiger partial charge in [0, 0.05) is 23.3 Å². The molecule has 32 heavy (non-hydrogen) atoms. The Morgan fingerprint density at radius 1 is 1.09 bits per heavy atom. The van der Waals surface area contributed by atoms with Crippen LogP contribution in [0.1, 0.15) is 17.4 Å². The van der Waals surface area contributed by atoms with E-state index in [2.05, 4.69) is 15.6 Å². The molecule has 2 amide bonds. The molecule has 0 fully saturated rings. The second-order valence-corrected chi connectivity index (χ2v) is 9.04. The lowest BCUT2D eigenvalue weighted by Gasteiger charge is -2.03. The molecule has 0 atom stereocenters. The fraction of sp³-hybridized carbons (Fsp3) is 0.125. The van der Waals surface area contributed by atoms with Gasteiger partial charge in [-0.3, -0.25) is 14.9 Å². The average molecular weight is 464 g/mol. The number of ether oxygens (including phenoxy) is 1. The second-order valence-electron chi connectivity index (χ2n) is 7.01. The molecule has 2 N–H and O–H groups in total. The van der Waals surface area contributed by atoms with Crippen molar-refractivity contribution in [3.05, 3.63) is 70.4 Å². The normalized spacial score (nSPS) is 11.1. The third kappa shape index (κ3) is 5.40. The molecule has 2 aromatic carbocycles. The number of hydrogen-bond donors (Lipinski definition) is 2. The van der Waals surface area contributed by atoms with Gasteiger partial charge in [-0.1, -0.05) is 18.2 Å². The van der Waals surface area contributed by atoms with E-state index < -0.39 is 0 Å². The van der Waals surface area contributed by atoms with E-state index in [1.807, 2.05) is 53.9 Å². The summed E-state index contributed by atoms with van der Waals surface area (Å²) in [5.41, 5.74) is 1.74. The molecule has 162 valence electrons. The fourth-order valence-corrected chi connectivity index (χ4v) is 4.75. The number of methoxy groups -OCH3 is 1. The number of rotatable bonds is 7. The molecule has 2 aromatic heterocycles. The summed E-state index contributed by atoms with van der Waals surface area (Å²) in [6, 6.07) is 15.8. The van der Waals surface area contributed by atoms with E-state index in [0.717, 1.165) is 37.5 Å². The number of fused-ring (bicyclic) bond motifs is 1. The van der Waals surface area contributed by atoms with Crippen molar-refractivity contribution in [3.63, 3.8) is 0 Å². The van der Waals surface area contributed by atoms with Crippen LogP contribution in [0.3, 0.4) is 0 Å². The van der Waals surface area contributed by atoms with Crippen LogP contribution >= 0.6 is 22.7 Å². The first-order valence-corrected chi connectivity index (χ1v) is 11.6. The molecule has 0 unspecified atom stereocenters. The number of amides is 2. The van der Waals surface area contributed by atoms with Crippen molar-refractivity contribution >= 4 is 56.5 Å². The number of anilines is 1. The Kier molecular flexibility index (Phi) is 6.63. The number of carbonyl (C=O) groups excluding carboxylic acids is 2. The molecule has 0 bridgehead atoms. The Bertz CT molecular complexity index is 1310. The molecule has 0 radical (unpaired) electrons. The minimum absolute atomic E-state index is 0.0596. The summed E-state index contributed by atoms with van der Waals surface area (Å²) in [6.07, 6.45) is 3.28. The van der Waals surface area contributed by atoms with Crippen LogP contribution in [0.25, 0.3) is 27.4 Å². The van der Waals surface area contributed by atoms with Gasteiger partial charge in [0.25, 0.3) is 0 Å². The van der Waals surface area contributed by atoms with E-state index in [4.69, 9.17) is 4.74 Å². The van der Waals surface area contributed by atoms with Crippen LogP contribution in [-0.2, 0) is 16.1 Å². The number of thiazole rings is 1. The van der Waals surface area contributed by atoms with Crippen LogP contribution in [-0.4, -0.2) is 23.9 Å². The highest BCUT2D eigenvalue weighted by atomic mass is 32.1. The third-order valence-corrected chi connectivity index (χ3v) is 6.52. The Labute approximate surface area is 193 Å². The van der Waals surface area contributed by atoms with E-state index in [0.29, 0.717) is 11.7 Å². The number of thiophene rings is 1. The van der Waals surface area contributed by atoms with Crippen LogP contribution in [0.5, 0.6) is 5.75 Å². The Balaban J connectivity index is 1.38. The molecule has 8 heteroatoms. The number of aromatic nitrogens is 1. The summed E-state index contributed by atoms with van der Waals surface area (Å²) in [7, 11) is 1.65. The Morgan fingerprint density at radius 2 is 1.91 bits per heavy atom. The molecular formula is C24H21N3O3S2. The smallest absolute Gasteiger partial charge is 0.250 e. The zero-order valence-electron chi connectivity index (χ0n) is 17.5. The molecule has 4 aromatic rings. The second kappa shape index (κ2) is 9.76. The van der Waals surface area contributed by atoms with Crippen molar-refractivity contribution < 1.29 is 14.3 Å². The van der Waals surface area contributed by atoms with Crippen molar-refractivity contribution in [2.75, 3.05) is 12.4 Å². The van der Waals surface area contributed by atoms with Gasteiger partial charge in [-0.05, 0) is 52.7 Å². The van der Waals surface area contributed by atoms with Gasteiger partial charge in [-0.25, -0.2) is 4.98 Å². The summed E-state index contributed by atoms with van der Waals surface area (Å²) in [5, 5.41) is 10.2. The van der Waals surface area contributed by atoms with Gasteiger partial charge in [0.15, 0.2) is 5.13 Å². The van der Waals surface area contributed by atoms with Crippen LogP contribution in [0.4, 0.5) is 5.13 Å². The van der Waals surface area contributed by atoms with Gasteiger partial charge in [0.1, 0.15) is 5.75 Å². The number of nitrogens with one attached hydrogen (secondary N) is 2. The molecule has 0 saturated carbocycles. The predicted molar refractivity (Wildman–Crippen MR) is 131 cm³/mol. The van der Waals surface area contributed by atoms with Gasteiger partial charge in [-0.2, -0.15) is 0 Å². The molecular weight excluding hydrogens is 442 g/mol. The van der Waals surface area contributed by atoms with Crippen molar-refractivity contribution in [1.29, 1.82) is 0 Å². The van der Waals surface area contributed by atoms with E-state index >= 15 is 0 Å². The zero-order chi connectivity index (χ0) is 22.5. The standard InChI is InChI=1S/C24H21N3O3S2/c1-15(28)25-13-20-8-9-22(32-20)21-14-31-24(26-21)27-23(29)10-4-16-3-5-18-12-19(30-2)7-6-17(18)11-16/h3-12,14H,13H2,1-2H3,(H,25,28)(H,26,27,29)/b10-4+. The molecule has 0 saturated heterocycles. The van der Waals surface area contributed by atoms with Crippen molar-refractivity contribution in [3.8, 4) is 16.3 Å². The fourth-order valence-electron chi connectivity index (χ4n) is 3.06. The highest BCUT2D eigenvalue weighted by Gasteiger charge is 2.09. The SMILES string of the molecule is COc1ccc2cc(/C=C/C(=O)Nc3nc(-c4ccc(CNC(C)=O)s4)cs3)ccc2c1. The van der Waals surface area contributed by atoms with Crippen LogP contribution < -0.4 is 15.4 Å². The maximum atomic E-state index is 12.3. The first-order chi connectivity index (χ1) is 15.5. The first-order valence-electron chi connectivity index (χ1n) is 9.86. The molecule has 0 aliphatic heterocycles. The number of carbonyl (C=O) groups is 2. The van der Waals surface area contributed by atoms with Crippen LogP contribution in [0, 0.1) is 0 Å². The highest BCUT2D eigenvalue weighted by molar-refractivity contribution is 7.17. The summed E-state index contributed by atoms with van der Waals surface area (Å²) in [4.78, 5) is 29.9. The third-order valence-electron chi connectivity index (χ3n) is 4.66. The quantitative estimate of drug-likeness (QED) is 0.364. The summed E-state index contributed by atoms with van der Waals surface area (Å²) < 4.78 is 5.25. The van der Waals surface area contributed by atoms with Crippen LogP contribution in [0.15, 0.2) is 60.0 Å². The van der Waals surface area contributed by atoms with Gasteiger partial charge in [0.05, 0.1) is 24.2 Å². The zero-order valence-corrected chi connectivity index (χ0v) is 19.2. The Hall–Kier alpha value is -3.49. The molecule has 0 aliphatic carbocycles. The van der Waals surface area contributed by atoms with Crippen molar-refractivity contribution in [2.24, 2.45) is 0 Å². The van der Waals surface area contributed by atoms with Gasteiger partial charge >= 0.3 is 0 Å². The highest BCUT2D eigenvalue weighted by Crippen LogP contribution is 2.31. The lowest BCUT2D eigenvalue weighted by Crippen LogP contribution is -2.17. The van der Waals surface area contributed by atoms with Gasteiger partial charge in [-0.15, -0.1) is 22.7 Å². The Morgan fingerprint density at radius 3 is 2.72 bits per heavy atom. The van der Waals surface area contributed by atoms with Crippen LogP contribution in [0.2, 0.25) is 0 Å². The van der Waals surface area contributed by atoms with Gasteiger partial charge < -0.3 is 10.1 Å². The summed E-state index contributed by atoms with van der Waals surface area (Å²) >= 11 is 2.94. The molecule has 0 aliphatic rings. The molecule has 4 rings (SSSR count). The summed E-state index contributed by atoms with van der Waals surface area (Å²) in [5.74, 6) is 0.517. The molecule has 0 spiro atoms. The number of nitrogens with zero attached hydrogens (tertiary/aromatic N) is 1. The van der Waals surface area contributed by atoms with E-state index in [9.17, 15) is 9.59 Å². The summed E-state index contributed by atoms with van der Waals surface area (Å²) in [6.45, 7) is 2.00. The average Bonchev–Trinajstić information content (AvgIpc) is 3.45. The van der Waals surface area contributed by atoms with E-state index in [1.165, 1.54) is 24.3 Å². The van der Waals surface area contributed by atoms with E-state index in [-0.39, 0.29) is 11.8 Å².